The molecule has 0 amide bonds. The van der Waals surface area contributed by atoms with E-state index in [0.29, 0.717) is 32.1 Å². The number of benzene rings is 1. The molecule has 0 atom stereocenters. The molecule has 0 saturated heterocycles. The third-order valence-electron chi connectivity index (χ3n) is 4.02. The van der Waals surface area contributed by atoms with Crippen LogP contribution in [0, 0.1) is 18.6 Å². The molecule has 3 heterocycles. The van der Waals surface area contributed by atoms with E-state index in [9.17, 15) is 13.6 Å². The van der Waals surface area contributed by atoms with Gasteiger partial charge in [-0.3, -0.25) is 0 Å². The van der Waals surface area contributed by atoms with Crippen molar-refractivity contribution >= 4 is 33.2 Å². The van der Waals surface area contributed by atoms with E-state index in [1.165, 1.54) is 28.2 Å². The van der Waals surface area contributed by atoms with Gasteiger partial charge in [-0.15, -0.1) is 16.4 Å². The Morgan fingerprint density at radius 3 is 2.89 bits per heavy atom. The van der Waals surface area contributed by atoms with E-state index in [2.05, 4.69) is 15.1 Å². The fourth-order valence-electron chi connectivity index (χ4n) is 2.77. The minimum absolute atomic E-state index is 0.0974. The fourth-order valence-corrected chi connectivity index (χ4v) is 3.80. The number of aromatic nitrogens is 4. The Morgan fingerprint density at radius 1 is 1.32 bits per heavy atom. The summed E-state index contributed by atoms with van der Waals surface area (Å²) in [5.74, 6) is -1.70. The number of rotatable bonds is 5. The highest BCUT2D eigenvalue weighted by Gasteiger charge is 2.21. The maximum Gasteiger partial charge on any atom is 0.348 e. The van der Waals surface area contributed by atoms with E-state index >= 15 is 0 Å². The predicted octanol–water partition coefficient (Wildman–Crippen LogP) is 3.68. The normalized spacial score (nSPS) is 11.3. The molecule has 0 N–H and O–H groups in total. The molecule has 0 spiro atoms. The molecule has 7 nitrogen and oxygen atoms in total. The molecule has 0 fully saturated rings. The number of nitrogens with zero attached hydrogens (tertiary/aromatic N) is 4. The molecular formula is C18H14F2N4O3S. The fraction of sp³-hybridized carbons (Fsp3) is 0.222. The van der Waals surface area contributed by atoms with Gasteiger partial charge < -0.3 is 9.47 Å². The molecule has 1 aromatic carbocycles. The minimum Gasteiger partial charge on any atom is -0.482 e. The Hall–Kier alpha value is -3.14. The van der Waals surface area contributed by atoms with Crippen molar-refractivity contribution in [3.05, 3.63) is 52.4 Å². The van der Waals surface area contributed by atoms with Gasteiger partial charge in [0.1, 0.15) is 28.5 Å². The van der Waals surface area contributed by atoms with Crippen LogP contribution >= 0.6 is 11.3 Å². The van der Waals surface area contributed by atoms with Gasteiger partial charge in [-0.1, -0.05) is 0 Å². The van der Waals surface area contributed by atoms with Crippen LogP contribution in [0.1, 0.15) is 28.0 Å². The first-order valence-electron chi connectivity index (χ1n) is 8.36. The van der Waals surface area contributed by atoms with Crippen molar-refractivity contribution in [2.45, 2.75) is 20.5 Å². The number of ether oxygens (including phenoxy) is 2. The van der Waals surface area contributed by atoms with Crippen molar-refractivity contribution < 1.29 is 23.0 Å². The van der Waals surface area contributed by atoms with Crippen molar-refractivity contribution in [1.82, 2.24) is 19.6 Å². The number of aryl methyl sites for hydroxylation is 1. The first-order chi connectivity index (χ1) is 13.5. The number of fused-ring (bicyclic) bond motifs is 3. The number of thiophene rings is 1. The molecule has 0 unspecified atom stereocenters. The zero-order valence-electron chi connectivity index (χ0n) is 14.9. The van der Waals surface area contributed by atoms with Crippen molar-refractivity contribution in [3.63, 3.8) is 0 Å². The summed E-state index contributed by atoms with van der Waals surface area (Å²) >= 11 is 1.23. The summed E-state index contributed by atoms with van der Waals surface area (Å²) in [4.78, 5) is 22.0. The molecule has 0 aliphatic rings. The molecule has 28 heavy (non-hydrogen) atoms. The van der Waals surface area contributed by atoms with Crippen LogP contribution in [0.15, 0.2) is 24.5 Å². The Labute approximate surface area is 161 Å². The SMILES string of the molecule is CCOC(=O)c1sc2ncn3nc(COc4ccc(F)cc4F)nc3c2c1C. The molecule has 144 valence electrons. The van der Waals surface area contributed by atoms with Crippen LogP contribution in [0.3, 0.4) is 0 Å². The number of hydrogen-bond donors (Lipinski definition) is 0. The van der Waals surface area contributed by atoms with E-state index in [4.69, 9.17) is 9.47 Å². The van der Waals surface area contributed by atoms with Crippen molar-refractivity contribution in [2.75, 3.05) is 6.61 Å². The molecule has 3 aromatic heterocycles. The molecule has 4 aromatic rings. The molecule has 0 bridgehead atoms. The monoisotopic (exact) mass is 404 g/mol. The highest BCUT2D eigenvalue weighted by Crippen LogP contribution is 2.32. The first kappa shape index (κ1) is 18.2. The number of halogens is 2. The number of esters is 1. The summed E-state index contributed by atoms with van der Waals surface area (Å²) in [7, 11) is 0. The average Bonchev–Trinajstić information content (AvgIpc) is 3.21. The van der Waals surface area contributed by atoms with Gasteiger partial charge in [0.2, 0.25) is 0 Å². The highest BCUT2D eigenvalue weighted by atomic mass is 32.1. The Bertz CT molecular complexity index is 1200. The second kappa shape index (κ2) is 7.12. The quantitative estimate of drug-likeness (QED) is 0.472. The zero-order chi connectivity index (χ0) is 19.8. The number of hydrogen-bond acceptors (Lipinski definition) is 7. The standard InChI is InChI=1S/C18H14F2N4O3S/c1-3-26-18(25)15-9(2)14-16-22-13(23-24(16)8-21-17(14)28-15)7-27-12-5-4-10(19)6-11(12)20/h4-6,8H,3,7H2,1-2H3. The van der Waals surface area contributed by atoms with Crippen molar-refractivity contribution in [1.29, 1.82) is 0 Å². The molecule has 4 rings (SSSR count). The number of carbonyl (C=O) groups excluding carboxylic acids is 1. The van der Waals surface area contributed by atoms with Gasteiger partial charge in [0.15, 0.2) is 23.0 Å². The summed E-state index contributed by atoms with van der Waals surface area (Å²) < 4.78 is 38.6. The van der Waals surface area contributed by atoms with Crippen LogP contribution in [0.5, 0.6) is 5.75 Å². The Morgan fingerprint density at radius 2 is 2.14 bits per heavy atom. The molecule has 10 heteroatoms. The van der Waals surface area contributed by atoms with Crippen molar-refractivity contribution in [2.24, 2.45) is 0 Å². The van der Waals surface area contributed by atoms with E-state index < -0.39 is 17.6 Å². The van der Waals surface area contributed by atoms with Gasteiger partial charge in [-0.2, -0.15) is 0 Å². The minimum atomic E-state index is -0.805. The lowest BCUT2D eigenvalue weighted by Gasteiger charge is -2.04. The maximum absolute atomic E-state index is 13.7. The molecule has 0 aliphatic carbocycles. The molecule has 0 radical (unpaired) electrons. The zero-order valence-corrected chi connectivity index (χ0v) is 15.7. The summed E-state index contributed by atoms with van der Waals surface area (Å²) in [6.45, 7) is 3.71. The van der Waals surface area contributed by atoms with E-state index in [-0.39, 0.29) is 19.0 Å². The van der Waals surface area contributed by atoms with E-state index in [1.807, 2.05) is 0 Å². The third-order valence-corrected chi connectivity index (χ3v) is 5.20. The maximum atomic E-state index is 13.7. The van der Waals surface area contributed by atoms with Crippen LogP contribution in [0.4, 0.5) is 8.78 Å². The summed E-state index contributed by atoms with van der Waals surface area (Å²) in [6.07, 6.45) is 1.48. The van der Waals surface area contributed by atoms with Crippen LogP contribution in [-0.2, 0) is 11.3 Å². The predicted molar refractivity (Wildman–Crippen MR) is 97.5 cm³/mol. The Kier molecular flexibility index (Phi) is 4.63. The van der Waals surface area contributed by atoms with Gasteiger partial charge >= 0.3 is 5.97 Å². The largest absolute Gasteiger partial charge is 0.482 e. The van der Waals surface area contributed by atoms with Gasteiger partial charge in [-0.25, -0.2) is 28.1 Å². The average molecular weight is 404 g/mol. The number of carbonyl (C=O) groups is 1. The van der Waals surface area contributed by atoms with Gasteiger partial charge in [-0.05, 0) is 31.5 Å². The molecule has 0 aliphatic heterocycles. The van der Waals surface area contributed by atoms with Crippen LogP contribution < -0.4 is 4.74 Å². The lowest BCUT2D eigenvalue weighted by molar-refractivity contribution is 0.0531. The second-order valence-electron chi connectivity index (χ2n) is 5.86. The van der Waals surface area contributed by atoms with Crippen molar-refractivity contribution in [3.8, 4) is 5.75 Å². The van der Waals surface area contributed by atoms with Gasteiger partial charge in [0.05, 0.1) is 12.0 Å². The van der Waals surface area contributed by atoms with E-state index in [1.54, 1.807) is 13.8 Å². The van der Waals surface area contributed by atoms with Gasteiger partial charge in [0.25, 0.3) is 0 Å². The summed E-state index contributed by atoms with van der Waals surface area (Å²) in [5, 5.41) is 4.96. The molecular weight excluding hydrogens is 390 g/mol. The lowest BCUT2D eigenvalue weighted by Crippen LogP contribution is -2.03. The Balaban J connectivity index is 1.68. The second-order valence-corrected chi connectivity index (χ2v) is 6.86. The third kappa shape index (κ3) is 3.15. The lowest BCUT2D eigenvalue weighted by atomic mass is 10.2. The van der Waals surface area contributed by atoms with Crippen LogP contribution in [-0.4, -0.2) is 32.2 Å². The highest BCUT2D eigenvalue weighted by molar-refractivity contribution is 7.20. The van der Waals surface area contributed by atoms with E-state index in [0.717, 1.165) is 12.1 Å². The van der Waals surface area contributed by atoms with Crippen LogP contribution in [0.2, 0.25) is 0 Å². The smallest absolute Gasteiger partial charge is 0.348 e. The topological polar surface area (TPSA) is 78.6 Å². The molecule has 0 saturated carbocycles. The summed E-state index contributed by atoms with van der Waals surface area (Å²) in [6, 6.07) is 3.05. The van der Waals surface area contributed by atoms with Gasteiger partial charge in [0, 0.05) is 6.07 Å². The summed E-state index contributed by atoms with van der Waals surface area (Å²) in [5.41, 5.74) is 1.22. The first-order valence-corrected chi connectivity index (χ1v) is 9.18. The van der Waals surface area contributed by atoms with Crippen LogP contribution in [0.25, 0.3) is 15.9 Å².